The summed E-state index contributed by atoms with van der Waals surface area (Å²) in [5, 5.41) is 0. The zero-order valence-corrected chi connectivity index (χ0v) is 13.6. The third kappa shape index (κ3) is 4.94. The number of unbranched alkanes of at least 4 members (excludes halogenated alkanes) is 1. The van der Waals surface area contributed by atoms with Crippen LogP contribution in [0.3, 0.4) is 0 Å². The molecule has 17 heavy (non-hydrogen) atoms. The molecule has 1 rings (SSSR count). The van der Waals surface area contributed by atoms with Gasteiger partial charge in [-0.3, -0.25) is 4.79 Å². The molecule has 0 bridgehead atoms. The van der Waals surface area contributed by atoms with Crippen molar-refractivity contribution in [2.75, 3.05) is 7.11 Å². The minimum absolute atomic E-state index is 0.199. The highest BCUT2D eigenvalue weighted by molar-refractivity contribution is 9.13. The number of methoxy groups -OCH3 is 1. The number of hydrogen-bond acceptors (Lipinski definition) is 3. The molecular weight excluding hydrogens is 368 g/mol. The number of carbonyl (C=O) groups excluding carboxylic acids is 1. The molecule has 0 spiro atoms. The van der Waals surface area contributed by atoms with E-state index in [2.05, 4.69) is 38.4 Å². The summed E-state index contributed by atoms with van der Waals surface area (Å²) in [6.45, 7) is 3.75. The minimum Gasteiger partial charge on any atom is -0.502 e. The van der Waals surface area contributed by atoms with Gasteiger partial charge in [0.15, 0.2) is 5.78 Å². The van der Waals surface area contributed by atoms with Gasteiger partial charge in [-0.2, -0.15) is 0 Å². The Bertz CT molecular complexity index is 393. The molecule has 1 aromatic rings. The first-order valence-corrected chi connectivity index (χ1v) is 7.64. The van der Waals surface area contributed by atoms with E-state index in [0.717, 1.165) is 38.2 Å². The van der Waals surface area contributed by atoms with Gasteiger partial charge in [0.1, 0.15) is 0 Å². The molecule has 0 N–H and O–H groups in total. The van der Waals surface area contributed by atoms with Gasteiger partial charge in [-0.05, 0) is 50.8 Å². The molecule has 0 aromatic carbocycles. The van der Waals surface area contributed by atoms with Crippen LogP contribution in [0.4, 0.5) is 0 Å². The average molecular weight is 382 g/mol. The lowest BCUT2D eigenvalue weighted by molar-refractivity contribution is 0.0982. The highest BCUT2D eigenvalue weighted by Crippen LogP contribution is 2.33. The van der Waals surface area contributed by atoms with Gasteiger partial charge in [-0.25, -0.2) is 0 Å². The molecule has 1 heterocycles. The summed E-state index contributed by atoms with van der Waals surface area (Å²) in [6.07, 6.45) is 3.21. The van der Waals surface area contributed by atoms with Crippen molar-refractivity contribution < 1.29 is 9.53 Å². The second kappa shape index (κ2) is 7.34. The molecule has 0 saturated heterocycles. The van der Waals surface area contributed by atoms with Gasteiger partial charge in [0.25, 0.3) is 0 Å². The molecule has 0 unspecified atom stereocenters. The third-order valence-electron chi connectivity index (χ3n) is 2.32. The lowest BCUT2D eigenvalue weighted by atomic mass is 10.1. The highest BCUT2D eigenvalue weighted by atomic mass is 79.9. The molecule has 0 aliphatic rings. The van der Waals surface area contributed by atoms with Gasteiger partial charge in [-0.1, -0.05) is 6.58 Å². The maximum atomic E-state index is 11.8. The number of rotatable bonds is 7. The number of thiophene rings is 1. The van der Waals surface area contributed by atoms with E-state index in [0.29, 0.717) is 6.42 Å². The SMILES string of the molecule is C=C(CCCCC(=O)c1cc(Br)c(Br)s1)OC. The monoisotopic (exact) mass is 380 g/mol. The Morgan fingerprint density at radius 1 is 1.41 bits per heavy atom. The fraction of sp³-hybridized carbons (Fsp3) is 0.417. The Balaban J connectivity index is 2.33. The molecule has 2 nitrogen and oxygen atoms in total. The second-order valence-corrected chi connectivity index (χ2v) is 6.83. The average Bonchev–Trinajstić information content (AvgIpc) is 2.64. The van der Waals surface area contributed by atoms with Crippen molar-refractivity contribution in [3.63, 3.8) is 0 Å². The Hall–Kier alpha value is -0.130. The van der Waals surface area contributed by atoms with Crippen LogP contribution >= 0.6 is 43.2 Å². The van der Waals surface area contributed by atoms with Crippen LogP contribution in [0.15, 0.2) is 26.7 Å². The second-order valence-electron chi connectivity index (χ2n) is 3.61. The molecule has 94 valence electrons. The molecular formula is C12H14Br2O2S. The molecule has 0 aliphatic heterocycles. The summed E-state index contributed by atoms with van der Waals surface area (Å²) in [5.74, 6) is 0.975. The van der Waals surface area contributed by atoms with Crippen molar-refractivity contribution in [3.8, 4) is 0 Å². The van der Waals surface area contributed by atoms with Gasteiger partial charge in [0.05, 0.1) is 21.5 Å². The zero-order chi connectivity index (χ0) is 12.8. The van der Waals surface area contributed by atoms with Gasteiger partial charge in [-0.15, -0.1) is 11.3 Å². The quantitative estimate of drug-likeness (QED) is 0.369. The van der Waals surface area contributed by atoms with Gasteiger partial charge < -0.3 is 4.74 Å². The molecule has 0 radical (unpaired) electrons. The maximum absolute atomic E-state index is 11.8. The molecule has 0 fully saturated rings. The first-order chi connectivity index (χ1) is 8.04. The largest absolute Gasteiger partial charge is 0.502 e. The van der Waals surface area contributed by atoms with E-state index in [1.807, 2.05) is 6.07 Å². The van der Waals surface area contributed by atoms with Crippen LogP contribution in [-0.4, -0.2) is 12.9 Å². The van der Waals surface area contributed by atoms with Crippen LogP contribution in [0, 0.1) is 0 Å². The van der Waals surface area contributed by atoms with Crippen LogP contribution in [0.2, 0.25) is 0 Å². The minimum atomic E-state index is 0.199. The lowest BCUT2D eigenvalue weighted by Crippen LogP contribution is -1.96. The molecule has 0 amide bonds. The van der Waals surface area contributed by atoms with E-state index in [1.54, 1.807) is 7.11 Å². The van der Waals surface area contributed by atoms with Crippen molar-refractivity contribution in [1.82, 2.24) is 0 Å². The standard InChI is InChI=1S/C12H14Br2O2S/c1-8(16-2)5-3-4-6-10(15)11-7-9(13)12(14)17-11/h7H,1,3-6H2,2H3. The topological polar surface area (TPSA) is 26.3 Å². The first kappa shape index (κ1) is 14.9. The number of hydrogen-bond donors (Lipinski definition) is 0. The first-order valence-electron chi connectivity index (χ1n) is 5.24. The van der Waals surface area contributed by atoms with Crippen LogP contribution in [-0.2, 0) is 4.74 Å². The maximum Gasteiger partial charge on any atom is 0.172 e. The predicted octanol–water partition coefficient (Wildman–Crippen LogP) is 5.18. The molecule has 0 aliphatic carbocycles. The van der Waals surface area contributed by atoms with E-state index in [9.17, 15) is 4.79 Å². The summed E-state index contributed by atoms with van der Waals surface area (Å²) in [4.78, 5) is 12.6. The van der Waals surface area contributed by atoms with E-state index in [-0.39, 0.29) is 5.78 Å². The predicted molar refractivity (Wildman–Crippen MR) is 78.7 cm³/mol. The van der Waals surface area contributed by atoms with Crippen molar-refractivity contribution >= 4 is 49.0 Å². The lowest BCUT2D eigenvalue weighted by Gasteiger charge is -2.02. The van der Waals surface area contributed by atoms with Crippen LogP contribution in [0.5, 0.6) is 0 Å². The van der Waals surface area contributed by atoms with E-state index in [1.165, 1.54) is 11.3 Å². The number of ether oxygens (including phenoxy) is 1. The van der Waals surface area contributed by atoms with Gasteiger partial charge in [0, 0.05) is 17.3 Å². The van der Waals surface area contributed by atoms with Crippen LogP contribution < -0.4 is 0 Å². The van der Waals surface area contributed by atoms with Crippen LogP contribution in [0.1, 0.15) is 35.4 Å². The summed E-state index contributed by atoms with van der Waals surface area (Å²) in [7, 11) is 1.62. The van der Waals surface area contributed by atoms with Crippen molar-refractivity contribution in [2.45, 2.75) is 25.7 Å². The number of ketones is 1. The number of carbonyl (C=O) groups is 1. The smallest absolute Gasteiger partial charge is 0.172 e. The van der Waals surface area contributed by atoms with E-state index in [4.69, 9.17) is 4.74 Å². The Morgan fingerprint density at radius 2 is 2.06 bits per heavy atom. The Kier molecular flexibility index (Phi) is 6.44. The van der Waals surface area contributed by atoms with Crippen molar-refractivity contribution in [1.29, 1.82) is 0 Å². The molecule has 1 aromatic heterocycles. The number of allylic oxidation sites excluding steroid dienone is 1. The van der Waals surface area contributed by atoms with Crippen LogP contribution in [0.25, 0.3) is 0 Å². The normalized spacial score (nSPS) is 10.3. The summed E-state index contributed by atoms with van der Waals surface area (Å²) >= 11 is 8.23. The fourth-order valence-corrected chi connectivity index (χ4v) is 3.32. The Labute approximate surface area is 122 Å². The van der Waals surface area contributed by atoms with Gasteiger partial charge in [0.2, 0.25) is 0 Å². The van der Waals surface area contributed by atoms with E-state index < -0.39 is 0 Å². The Morgan fingerprint density at radius 3 is 2.59 bits per heavy atom. The molecule has 0 saturated carbocycles. The summed E-state index contributed by atoms with van der Waals surface area (Å²) in [6, 6.07) is 1.87. The highest BCUT2D eigenvalue weighted by Gasteiger charge is 2.11. The molecule has 0 atom stereocenters. The summed E-state index contributed by atoms with van der Waals surface area (Å²) < 4.78 is 6.88. The van der Waals surface area contributed by atoms with E-state index >= 15 is 0 Å². The van der Waals surface area contributed by atoms with Gasteiger partial charge >= 0.3 is 0 Å². The molecule has 5 heteroatoms. The summed E-state index contributed by atoms with van der Waals surface area (Å²) in [5.41, 5.74) is 0. The number of Topliss-reactive ketones (excluding diaryl/α,β-unsaturated/α-hetero) is 1. The fourth-order valence-electron chi connectivity index (χ4n) is 1.32. The third-order valence-corrected chi connectivity index (χ3v) is 5.62. The van der Waals surface area contributed by atoms with Crippen molar-refractivity contribution in [2.24, 2.45) is 0 Å². The van der Waals surface area contributed by atoms with Crippen molar-refractivity contribution in [3.05, 3.63) is 31.5 Å². The zero-order valence-electron chi connectivity index (χ0n) is 9.59. The number of halogens is 2.